The molecule has 1 aromatic carbocycles. The zero-order valence-corrected chi connectivity index (χ0v) is 12.6. The molecule has 0 aliphatic carbocycles. The molecule has 3 nitrogen and oxygen atoms in total. The largest absolute Gasteiger partial charge is 0.311 e. The molecule has 0 spiro atoms. The van der Waals surface area contributed by atoms with Gasteiger partial charge in [-0.2, -0.15) is 0 Å². The van der Waals surface area contributed by atoms with Gasteiger partial charge in [-0.05, 0) is 64.3 Å². The van der Waals surface area contributed by atoms with Gasteiger partial charge in [0.25, 0.3) is 0 Å². The van der Waals surface area contributed by atoms with Crippen LogP contribution in [0.2, 0.25) is 0 Å². The molecule has 0 aromatic heterocycles. The standard InChI is InChI=1S/C16H24N2O/c1-11-8-12(2)10-14(9-11)18-7-6-13(3)17-16(4,5)15(18)19/h8-10,13,17H,6-7H2,1-5H3. The summed E-state index contributed by atoms with van der Waals surface area (Å²) < 4.78 is 0. The number of carbonyl (C=O) groups is 1. The molecule has 1 fully saturated rings. The fourth-order valence-corrected chi connectivity index (χ4v) is 2.86. The van der Waals surface area contributed by atoms with E-state index in [1.165, 1.54) is 11.1 Å². The fraction of sp³-hybridized carbons (Fsp3) is 0.562. The normalized spacial score (nSPS) is 23.3. The van der Waals surface area contributed by atoms with Crippen molar-refractivity contribution in [2.45, 2.75) is 52.6 Å². The van der Waals surface area contributed by atoms with Crippen molar-refractivity contribution in [1.29, 1.82) is 0 Å². The summed E-state index contributed by atoms with van der Waals surface area (Å²) in [5.74, 6) is 0.154. The van der Waals surface area contributed by atoms with E-state index in [0.717, 1.165) is 18.7 Å². The van der Waals surface area contributed by atoms with E-state index in [1.54, 1.807) is 0 Å². The zero-order chi connectivity index (χ0) is 14.2. The molecule has 0 saturated carbocycles. The summed E-state index contributed by atoms with van der Waals surface area (Å²) in [6.45, 7) is 11.0. The Kier molecular flexibility index (Phi) is 3.68. The average molecular weight is 260 g/mol. The highest BCUT2D eigenvalue weighted by atomic mass is 16.2. The predicted molar refractivity (Wildman–Crippen MR) is 79.6 cm³/mol. The summed E-state index contributed by atoms with van der Waals surface area (Å²) in [5.41, 5.74) is 2.91. The summed E-state index contributed by atoms with van der Waals surface area (Å²) in [7, 11) is 0. The Morgan fingerprint density at radius 1 is 1.21 bits per heavy atom. The van der Waals surface area contributed by atoms with E-state index in [2.05, 4.69) is 44.3 Å². The number of carbonyl (C=O) groups excluding carboxylic acids is 1. The van der Waals surface area contributed by atoms with Gasteiger partial charge in [0.2, 0.25) is 5.91 Å². The second-order valence-electron chi connectivity index (χ2n) is 6.26. The summed E-state index contributed by atoms with van der Waals surface area (Å²) in [4.78, 5) is 14.6. The molecule has 1 atom stereocenters. The van der Waals surface area contributed by atoms with Crippen LogP contribution < -0.4 is 10.2 Å². The fourth-order valence-electron chi connectivity index (χ4n) is 2.86. The van der Waals surface area contributed by atoms with E-state index in [1.807, 2.05) is 18.7 Å². The van der Waals surface area contributed by atoms with Crippen LogP contribution in [0.3, 0.4) is 0 Å². The summed E-state index contributed by atoms with van der Waals surface area (Å²) >= 11 is 0. The van der Waals surface area contributed by atoms with E-state index >= 15 is 0 Å². The molecule has 3 heteroatoms. The van der Waals surface area contributed by atoms with Crippen molar-refractivity contribution in [3.8, 4) is 0 Å². The molecule has 1 aliphatic heterocycles. The summed E-state index contributed by atoms with van der Waals surface area (Å²) in [6.07, 6.45) is 0.974. The Morgan fingerprint density at radius 2 is 1.79 bits per heavy atom. The second-order valence-corrected chi connectivity index (χ2v) is 6.26. The van der Waals surface area contributed by atoms with Crippen molar-refractivity contribution in [1.82, 2.24) is 5.32 Å². The SMILES string of the molecule is Cc1cc(C)cc(N2CCC(C)NC(C)(C)C2=O)c1. The number of nitrogens with one attached hydrogen (secondary N) is 1. The summed E-state index contributed by atoms with van der Waals surface area (Å²) in [5, 5.41) is 3.41. The Labute approximate surface area is 116 Å². The number of rotatable bonds is 1. The molecule has 1 unspecified atom stereocenters. The Morgan fingerprint density at radius 3 is 2.37 bits per heavy atom. The Balaban J connectivity index is 2.39. The van der Waals surface area contributed by atoms with Gasteiger partial charge in [-0.25, -0.2) is 0 Å². The van der Waals surface area contributed by atoms with Gasteiger partial charge in [0.15, 0.2) is 0 Å². The molecule has 1 N–H and O–H groups in total. The molecule has 19 heavy (non-hydrogen) atoms. The van der Waals surface area contributed by atoms with Gasteiger partial charge in [0, 0.05) is 18.3 Å². The molecule has 0 radical (unpaired) electrons. The second kappa shape index (κ2) is 4.97. The molecule has 1 amide bonds. The number of amides is 1. The number of hydrogen-bond donors (Lipinski definition) is 1. The molecular weight excluding hydrogens is 236 g/mol. The van der Waals surface area contributed by atoms with Crippen LogP contribution in [0.25, 0.3) is 0 Å². The maximum atomic E-state index is 12.7. The van der Waals surface area contributed by atoms with Crippen LogP contribution >= 0.6 is 0 Å². The lowest BCUT2D eigenvalue weighted by atomic mass is 10.0. The van der Waals surface area contributed by atoms with E-state index in [4.69, 9.17) is 0 Å². The molecule has 104 valence electrons. The van der Waals surface area contributed by atoms with Gasteiger partial charge in [0.05, 0.1) is 5.54 Å². The summed E-state index contributed by atoms with van der Waals surface area (Å²) in [6, 6.07) is 6.68. The van der Waals surface area contributed by atoms with Crippen molar-refractivity contribution in [3.63, 3.8) is 0 Å². The molecule has 1 heterocycles. The smallest absolute Gasteiger partial charge is 0.246 e. The maximum absolute atomic E-state index is 12.7. The lowest BCUT2D eigenvalue weighted by Gasteiger charge is -2.30. The lowest BCUT2D eigenvalue weighted by molar-refractivity contribution is -0.123. The predicted octanol–water partition coefficient (Wildman–Crippen LogP) is 2.80. The number of anilines is 1. The highest BCUT2D eigenvalue weighted by Crippen LogP contribution is 2.24. The first-order valence-corrected chi connectivity index (χ1v) is 6.97. The van der Waals surface area contributed by atoms with Crippen LogP contribution in [-0.2, 0) is 4.79 Å². The van der Waals surface area contributed by atoms with Crippen LogP contribution in [-0.4, -0.2) is 24.0 Å². The first-order valence-electron chi connectivity index (χ1n) is 6.97. The molecule has 0 bridgehead atoms. The van der Waals surface area contributed by atoms with Gasteiger partial charge < -0.3 is 10.2 Å². The number of hydrogen-bond acceptors (Lipinski definition) is 2. The monoisotopic (exact) mass is 260 g/mol. The highest BCUT2D eigenvalue weighted by Gasteiger charge is 2.36. The third kappa shape index (κ3) is 2.98. The minimum atomic E-state index is -0.506. The number of nitrogens with zero attached hydrogens (tertiary/aromatic N) is 1. The van der Waals surface area contributed by atoms with Gasteiger partial charge in [0.1, 0.15) is 0 Å². The Bertz CT molecular complexity index is 473. The molecular formula is C16H24N2O. The molecule has 1 aromatic rings. The van der Waals surface area contributed by atoms with Gasteiger partial charge >= 0.3 is 0 Å². The Hall–Kier alpha value is -1.35. The van der Waals surface area contributed by atoms with Crippen LogP contribution in [0, 0.1) is 13.8 Å². The van der Waals surface area contributed by atoms with Crippen molar-refractivity contribution >= 4 is 11.6 Å². The van der Waals surface area contributed by atoms with Crippen molar-refractivity contribution in [2.75, 3.05) is 11.4 Å². The van der Waals surface area contributed by atoms with Gasteiger partial charge in [-0.1, -0.05) is 6.07 Å². The van der Waals surface area contributed by atoms with E-state index in [-0.39, 0.29) is 5.91 Å². The topological polar surface area (TPSA) is 32.3 Å². The van der Waals surface area contributed by atoms with Crippen molar-refractivity contribution < 1.29 is 4.79 Å². The van der Waals surface area contributed by atoms with Gasteiger partial charge in [-0.3, -0.25) is 4.79 Å². The molecule has 1 aliphatic rings. The van der Waals surface area contributed by atoms with Gasteiger partial charge in [-0.15, -0.1) is 0 Å². The van der Waals surface area contributed by atoms with E-state index < -0.39 is 5.54 Å². The molecule has 2 rings (SSSR count). The van der Waals surface area contributed by atoms with Crippen LogP contribution in [0.15, 0.2) is 18.2 Å². The quantitative estimate of drug-likeness (QED) is 0.842. The zero-order valence-electron chi connectivity index (χ0n) is 12.6. The molecule has 1 saturated heterocycles. The van der Waals surface area contributed by atoms with Crippen molar-refractivity contribution in [2.24, 2.45) is 0 Å². The van der Waals surface area contributed by atoms with Crippen LogP contribution in [0.1, 0.15) is 38.3 Å². The highest BCUT2D eigenvalue weighted by molar-refractivity contribution is 6.00. The number of aryl methyl sites for hydroxylation is 2. The van der Waals surface area contributed by atoms with E-state index in [0.29, 0.717) is 6.04 Å². The minimum Gasteiger partial charge on any atom is -0.311 e. The van der Waals surface area contributed by atoms with Crippen molar-refractivity contribution in [3.05, 3.63) is 29.3 Å². The number of benzene rings is 1. The third-order valence-electron chi connectivity index (χ3n) is 3.69. The average Bonchev–Trinajstić information content (AvgIpc) is 2.35. The van der Waals surface area contributed by atoms with Crippen LogP contribution in [0.4, 0.5) is 5.69 Å². The minimum absolute atomic E-state index is 0.154. The maximum Gasteiger partial charge on any atom is 0.246 e. The first kappa shape index (κ1) is 14.1. The first-order chi connectivity index (χ1) is 8.79. The van der Waals surface area contributed by atoms with E-state index in [9.17, 15) is 4.79 Å². The van der Waals surface area contributed by atoms with Crippen LogP contribution in [0.5, 0.6) is 0 Å². The third-order valence-corrected chi connectivity index (χ3v) is 3.69. The lowest BCUT2D eigenvalue weighted by Crippen LogP contribution is -2.53.